The van der Waals surface area contributed by atoms with E-state index < -0.39 is 0 Å². The van der Waals surface area contributed by atoms with Gasteiger partial charge in [-0.2, -0.15) is 0 Å². The maximum absolute atomic E-state index is 12.3. The lowest BCUT2D eigenvalue weighted by molar-refractivity contribution is -0.137. The van der Waals surface area contributed by atoms with E-state index in [1.165, 1.54) is 0 Å². The molecule has 0 aromatic heterocycles. The van der Waals surface area contributed by atoms with E-state index in [1.54, 1.807) is 0 Å². The van der Waals surface area contributed by atoms with E-state index in [-0.39, 0.29) is 5.92 Å². The Hall–Kier alpha value is -0.610. The van der Waals surface area contributed by atoms with Crippen LogP contribution in [0.4, 0.5) is 0 Å². The number of carbonyl (C=O) groups is 1. The quantitative estimate of drug-likeness (QED) is 0.738. The van der Waals surface area contributed by atoms with Crippen molar-refractivity contribution in [1.29, 1.82) is 0 Å². The number of nitrogens with one attached hydrogen (secondary N) is 1. The fourth-order valence-corrected chi connectivity index (χ4v) is 2.41. The van der Waals surface area contributed by atoms with Crippen molar-refractivity contribution in [2.75, 3.05) is 40.3 Å². The summed E-state index contributed by atoms with van der Waals surface area (Å²) in [7, 11) is 4.10. The highest BCUT2D eigenvalue weighted by atomic mass is 16.2. The molecule has 4 nitrogen and oxygen atoms in total. The molecular weight excluding hydrogens is 202 g/mol. The molecule has 1 fully saturated rings. The smallest absolute Gasteiger partial charge is 0.227 e. The minimum atomic E-state index is 0.199. The predicted octanol–water partition coefficient (Wildman–Crippen LogP) is 0.395. The van der Waals surface area contributed by atoms with E-state index in [0.717, 1.165) is 32.6 Å². The van der Waals surface area contributed by atoms with Crippen molar-refractivity contribution in [3.8, 4) is 0 Å². The third-order valence-corrected chi connectivity index (χ3v) is 3.19. The van der Waals surface area contributed by atoms with Crippen molar-refractivity contribution in [3.63, 3.8) is 0 Å². The van der Waals surface area contributed by atoms with Gasteiger partial charge in [-0.25, -0.2) is 0 Å². The molecule has 1 aliphatic heterocycles. The Labute approximate surface area is 99.0 Å². The highest BCUT2D eigenvalue weighted by Gasteiger charge is 2.28. The summed E-state index contributed by atoms with van der Waals surface area (Å²) in [4.78, 5) is 16.4. The standard InChI is InChI=1S/C12H25N3O/c1-5-15(10(2)9-14(3)4)12(16)11-6-7-13-8-11/h10-11,13H,5-9H2,1-4H3. The maximum Gasteiger partial charge on any atom is 0.227 e. The molecule has 2 atom stereocenters. The Kier molecular flexibility index (Phi) is 5.22. The van der Waals surface area contributed by atoms with Gasteiger partial charge in [0.25, 0.3) is 0 Å². The van der Waals surface area contributed by atoms with Gasteiger partial charge in [0, 0.05) is 25.7 Å². The van der Waals surface area contributed by atoms with E-state index in [0.29, 0.717) is 11.9 Å². The molecule has 0 radical (unpaired) electrons. The van der Waals surface area contributed by atoms with Crippen LogP contribution in [0, 0.1) is 5.92 Å². The van der Waals surface area contributed by atoms with Gasteiger partial charge in [0.2, 0.25) is 5.91 Å². The van der Waals surface area contributed by atoms with Gasteiger partial charge in [-0.1, -0.05) is 0 Å². The van der Waals surface area contributed by atoms with E-state index in [1.807, 2.05) is 19.0 Å². The normalized spacial score (nSPS) is 22.4. The van der Waals surface area contributed by atoms with Crippen LogP contribution in [0.3, 0.4) is 0 Å². The third-order valence-electron chi connectivity index (χ3n) is 3.19. The van der Waals surface area contributed by atoms with Crippen LogP contribution in [-0.2, 0) is 4.79 Å². The summed E-state index contributed by atoms with van der Waals surface area (Å²) in [6, 6.07) is 0.299. The Balaban J connectivity index is 2.54. The van der Waals surface area contributed by atoms with Gasteiger partial charge < -0.3 is 15.1 Å². The monoisotopic (exact) mass is 227 g/mol. The van der Waals surface area contributed by atoms with Crippen molar-refractivity contribution in [2.24, 2.45) is 5.92 Å². The lowest BCUT2D eigenvalue weighted by atomic mass is 10.1. The molecule has 1 saturated heterocycles. The molecule has 1 aliphatic rings. The first-order valence-corrected chi connectivity index (χ1v) is 6.22. The van der Waals surface area contributed by atoms with Crippen molar-refractivity contribution in [2.45, 2.75) is 26.3 Å². The summed E-state index contributed by atoms with van der Waals surface area (Å²) in [6.45, 7) is 7.76. The second-order valence-corrected chi connectivity index (χ2v) is 4.93. The summed E-state index contributed by atoms with van der Waals surface area (Å²) in [5.41, 5.74) is 0. The molecule has 0 aromatic rings. The zero-order valence-corrected chi connectivity index (χ0v) is 11.0. The first kappa shape index (κ1) is 13.5. The van der Waals surface area contributed by atoms with Crippen molar-refractivity contribution in [1.82, 2.24) is 15.1 Å². The summed E-state index contributed by atoms with van der Waals surface area (Å²) in [5.74, 6) is 0.520. The number of amides is 1. The second-order valence-electron chi connectivity index (χ2n) is 4.93. The van der Waals surface area contributed by atoms with Gasteiger partial charge in [0.1, 0.15) is 0 Å². The van der Waals surface area contributed by atoms with Crippen molar-refractivity contribution in [3.05, 3.63) is 0 Å². The first-order chi connectivity index (χ1) is 7.56. The number of hydrogen-bond acceptors (Lipinski definition) is 3. The largest absolute Gasteiger partial charge is 0.339 e. The average Bonchev–Trinajstić information content (AvgIpc) is 2.69. The molecule has 0 aliphatic carbocycles. The molecule has 16 heavy (non-hydrogen) atoms. The van der Waals surface area contributed by atoms with Gasteiger partial charge in [-0.3, -0.25) is 4.79 Å². The zero-order chi connectivity index (χ0) is 12.1. The average molecular weight is 227 g/mol. The zero-order valence-electron chi connectivity index (χ0n) is 11.0. The lowest BCUT2D eigenvalue weighted by Crippen LogP contribution is -2.46. The van der Waals surface area contributed by atoms with E-state index >= 15 is 0 Å². The van der Waals surface area contributed by atoms with Gasteiger partial charge in [-0.05, 0) is 40.9 Å². The summed E-state index contributed by atoms with van der Waals surface area (Å²) in [5, 5.41) is 3.25. The Morgan fingerprint density at radius 1 is 1.50 bits per heavy atom. The molecule has 0 spiro atoms. The topological polar surface area (TPSA) is 35.6 Å². The van der Waals surface area contributed by atoms with Gasteiger partial charge in [0.05, 0.1) is 5.92 Å². The first-order valence-electron chi connectivity index (χ1n) is 6.22. The molecule has 1 rings (SSSR count). The molecule has 1 N–H and O–H groups in total. The fraction of sp³-hybridized carbons (Fsp3) is 0.917. The number of hydrogen-bond donors (Lipinski definition) is 1. The molecule has 1 amide bonds. The SMILES string of the molecule is CCN(C(=O)C1CCNC1)C(C)CN(C)C. The van der Waals surface area contributed by atoms with Crippen LogP contribution in [0.15, 0.2) is 0 Å². The predicted molar refractivity (Wildman–Crippen MR) is 66.4 cm³/mol. The van der Waals surface area contributed by atoms with Gasteiger partial charge >= 0.3 is 0 Å². The van der Waals surface area contributed by atoms with Crippen LogP contribution in [0.5, 0.6) is 0 Å². The molecule has 1 heterocycles. The van der Waals surface area contributed by atoms with Crippen molar-refractivity contribution >= 4 is 5.91 Å². The van der Waals surface area contributed by atoms with Crippen LogP contribution in [0.1, 0.15) is 20.3 Å². The summed E-state index contributed by atoms with van der Waals surface area (Å²) >= 11 is 0. The molecular formula is C12H25N3O. The van der Waals surface area contributed by atoms with E-state index in [2.05, 4.69) is 24.1 Å². The summed E-state index contributed by atoms with van der Waals surface area (Å²) in [6.07, 6.45) is 0.990. The number of rotatable bonds is 5. The Morgan fingerprint density at radius 2 is 2.19 bits per heavy atom. The Bertz CT molecular complexity index is 224. The minimum absolute atomic E-state index is 0.199. The number of likely N-dealkylation sites (N-methyl/N-ethyl adjacent to an activating group) is 2. The van der Waals surface area contributed by atoms with E-state index in [4.69, 9.17) is 0 Å². The Morgan fingerprint density at radius 3 is 2.62 bits per heavy atom. The highest BCUT2D eigenvalue weighted by Crippen LogP contribution is 2.14. The van der Waals surface area contributed by atoms with Crippen LogP contribution in [0.25, 0.3) is 0 Å². The van der Waals surface area contributed by atoms with Crippen LogP contribution in [-0.4, -0.2) is 62.0 Å². The van der Waals surface area contributed by atoms with Crippen LogP contribution < -0.4 is 5.32 Å². The van der Waals surface area contributed by atoms with Crippen LogP contribution >= 0.6 is 0 Å². The molecule has 0 saturated carbocycles. The summed E-state index contributed by atoms with van der Waals surface area (Å²) < 4.78 is 0. The van der Waals surface area contributed by atoms with Gasteiger partial charge in [-0.15, -0.1) is 0 Å². The third kappa shape index (κ3) is 3.46. The molecule has 94 valence electrons. The molecule has 0 aromatic carbocycles. The highest BCUT2D eigenvalue weighted by molar-refractivity contribution is 5.79. The van der Waals surface area contributed by atoms with Crippen molar-refractivity contribution < 1.29 is 4.79 Å². The fourth-order valence-electron chi connectivity index (χ4n) is 2.41. The van der Waals surface area contributed by atoms with Gasteiger partial charge in [0.15, 0.2) is 0 Å². The molecule has 2 unspecified atom stereocenters. The number of carbonyl (C=O) groups excluding carboxylic acids is 1. The van der Waals surface area contributed by atoms with E-state index in [9.17, 15) is 4.79 Å². The lowest BCUT2D eigenvalue weighted by Gasteiger charge is -2.32. The molecule has 4 heteroatoms. The second kappa shape index (κ2) is 6.21. The van der Waals surface area contributed by atoms with Crippen LogP contribution in [0.2, 0.25) is 0 Å². The minimum Gasteiger partial charge on any atom is -0.339 e. The number of nitrogens with zero attached hydrogens (tertiary/aromatic N) is 2. The maximum atomic E-state index is 12.3. The molecule has 0 bridgehead atoms.